The van der Waals surface area contributed by atoms with Crippen LogP contribution < -0.4 is 0 Å². The van der Waals surface area contributed by atoms with Gasteiger partial charge in [0, 0.05) is 5.56 Å². The highest BCUT2D eigenvalue weighted by molar-refractivity contribution is 5.90. The number of aliphatic carboxylic acids is 1. The fourth-order valence-corrected chi connectivity index (χ4v) is 2.46. The van der Waals surface area contributed by atoms with Gasteiger partial charge in [0.1, 0.15) is 6.42 Å². The smallest absolute Gasteiger partial charge is 0.318 e. The van der Waals surface area contributed by atoms with Crippen molar-refractivity contribution in [1.29, 1.82) is 0 Å². The minimum Gasteiger partial charge on any atom is -0.481 e. The molecule has 1 aliphatic rings. The molecule has 0 aliphatic heterocycles. The molecule has 110 valence electrons. The average Bonchev–Trinajstić information content (AvgIpc) is 2.46. The molecule has 0 atom stereocenters. The SMILES string of the molecule is O=C(O)CC(=O)OC1(C#Cc2ccccc2)CCCCC1. The standard InChI is InChI=1S/C17H18O4/c18-15(19)13-16(20)21-17(10-5-2-6-11-17)12-9-14-7-3-1-4-8-14/h1,3-4,7-8H,2,5-6,10-11,13H2,(H,18,19). The molecule has 0 spiro atoms. The second-order valence-electron chi connectivity index (χ2n) is 5.22. The van der Waals surface area contributed by atoms with Gasteiger partial charge in [-0.05, 0) is 43.7 Å². The van der Waals surface area contributed by atoms with Crippen LogP contribution in [0.3, 0.4) is 0 Å². The number of carbonyl (C=O) groups excluding carboxylic acids is 1. The third-order valence-electron chi connectivity index (χ3n) is 3.47. The van der Waals surface area contributed by atoms with Gasteiger partial charge in [0.15, 0.2) is 5.60 Å². The first kappa shape index (κ1) is 15.1. The largest absolute Gasteiger partial charge is 0.481 e. The number of rotatable bonds is 3. The number of carboxylic acids is 1. The lowest BCUT2D eigenvalue weighted by atomic mass is 9.85. The summed E-state index contributed by atoms with van der Waals surface area (Å²) < 4.78 is 5.42. The molecule has 1 N–H and O–H groups in total. The molecular weight excluding hydrogens is 268 g/mol. The summed E-state index contributed by atoms with van der Waals surface area (Å²) in [5, 5.41) is 8.67. The van der Waals surface area contributed by atoms with E-state index in [4.69, 9.17) is 9.84 Å². The molecule has 1 aliphatic carbocycles. The van der Waals surface area contributed by atoms with Crippen molar-refractivity contribution >= 4 is 11.9 Å². The van der Waals surface area contributed by atoms with E-state index < -0.39 is 24.0 Å². The second-order valence-corrected chi connectivity index (χ2v) is 5.22. The van der Waals surface area contributed by atoms with Crippen molar-refractivity contribution < 1.29 is 19.4 Å². The molecule has 0 bridgehead atoms. The topological polar surface area (TPSA) is 63.6 Å². The summed E-state index contributed by atoms with van der Waals surface area (Å²) in [6.45, 7) is 0. The van der Waals surface area contributed by atoms with E-state index in [9.17, 15) is 9.59 Å². The van der Waals surface area contributed by atoms with Crippen molar-refractivity contribution in [3.63, 3.8) is 0 Å². The van der Waals surface area contributed by atoms with Crippen LogP contribution in [0.15, 0.2) is 30.3 Å². The van der Waals surface area contributed by atoms with Gasteiger partial charge >= 0.3 is 11.9 Å². The Kier molecular flexibility index (Phi) is 4.99. The van der Waals surface area contributed by atoms with Gasteiger partial charge in [-0.3, -0.25) is 9.59 Å². The van der Waals surface area contributed by atoms with Crippen LogP contribution in [0.25, 0.3) is 0 Å². The second kappa shape index (κ2) is 6.94. The highest BCUT2D eigenvalue weighted by Gasteiger charge is 2.34. The van der Waals surface area contributed by atoms with E-state index in [2.05, 4.69) is 11.8 Å². The minimum atomic E-state index is -1.18. The van der Waals surface area contributed by atoms with Gasteiger partial charge in [0.2, 0.25) is 0 Å². The van der Waals surface area contributed by atoms with Crippen LogP contribution >= 0.6 is 0 Å². The first-order valence-corrected chi connectivity index (χ1v) is 7.12. The molecule has 0 radical (unpaired) electrons. The predicted octanol–water partition coefficient (Wildman–Crippen LogP) is 2.76. The van der Waals surface area contributed by atoms with Crippen molar-refractivity contribution in [2.75, 3.05) is 0 Å². The number of carbonyl (C=O) groups is 2. The molecule has 0 saturated heterocycles. The van der Waals surface area contributed by atoms with Crippen LogP contribution in [-0.2, 0) is 14.3 Å². The van der Waals surface area contributed by atoms with Gasteiger partial charge in [-0.15, -0.1) is 0 Å². The summed E-state index contributed by atoms with van der Waals surface area (Å²) in [5.74, 6) is 4.21. The Bertz CT molecular complexity index is 559. The molecule has 1 aromatic rings. The molecule has 1 saturated carbocycles. The molecule has 1 fully saturated rings. The maximum Gasteiger partial charge on any atom is 0.318 e. The lowest BCUT2D eigenvalue weighted by Gasteiger charge is -2.31. The van der Waals surface area contributed by atoms with Crippen LogP contribution in [-0.4, -0.2) is 22.6 Å². The molecule has 0 heterocycles. The lowest BCUT2D eigenvalue weighted by Crippen LogP contribution is -2.36. The van der Waals surface area contributed by atoms with Gasteiger partial charge in [0.25, 0.3) is 0 Å². The van der Waals surface area contributed by atoms with E-state index in [1.54, 1.807) is 0 Å². The average molecular weight is 286 g/mol. The van der Waals surface area contributed by atoms with Gasteiger partial charge < -0.3 is 9.84 Å². The fourth-order valence-electron chi connectivity index (χ4n) is 2.46. The van der Waals surface area contributed by atoms with Crippen molar-refractivity contribution in [1.82, 2.24) is 0 Å². The Labute approximate surface area is 124 Å². The summed E-state index contributed by atoms with van der Waals surface area (Å²) in [5.41, 5.74) is 0.0254. The molecule has 0 unspecified atom stereocenters. The Morgan fingerprint density at radius 3 is 2.43 bits per heavy atom. The summed E-state index contributed by atoms with van der Waals surface area (Å²) in [4.78, 5) is 22.3. The molecule has 2 rings (SSSR count). The third kappa shape index (κ3) is 4.64. The summed E-state index contributed by atoms with van der Waals surface area (Å²) in [6.07, 6.45) is 3.67. The Morgan fingerprint density at radius 1 is 1.14 bits per heavy atom. The van der Waals surface area contributed by atoms with Gasteiger partial charge in [0.05, 0.1) is 0 Å². The molecular formula is C17H18O4. The van der Waals surface area contributed by atoms with Gasteiger partial charge in [-0.1, -0.05) is 30.5 Å². The Balaban J connectivity index is 2.15. The number of hydrogen-bond donors (Lipinski definition) is 1. The zero-order chi connectivity index (χ0) is 15.1. The normalized spacial score (nSPS) is 16.4. The van der Waals surface area contributed by atoms with Gasteiger partial charge in [-0.2, -0.15) is 0 Å². The molecule has 0 amide bonds. The number of benzene rings is 1. The monoisotopic (exact) mass is 286 g/mol. The van der Waals surface area contributed by atoms with E-state index in [0.717, 1.165) is 24.8 Å². The summed E-state index contributed by atoms with van der Waals surface area (Å²) in [6, 6.07) is 9.49. The highest BCUT2D eigenvalue weighted by Crippen LogP contribution is 2.31. The number of ether oxygens (including phenoxy) is 1. The van der Waals surface area contributed by atoms with Crippen molar-refractivity contribution in [2.24, 2.45) is 0 Å². The predicted molar refractivity (Wildman–Crippen MR) is 77.5 cm³/mol. The number of hydrogen-bond acceptors (Lipinski definition) is 3. The molecule has 21 heavy (non-hydrogen) atoms. The number of carboxylic acid groups (broad SMARTS) is 1. The molecule has 1 aromatic carbocycles. The summed E-state index contributed by atoms with van der Waals surface area (Å²) >= 11 is 0. The zero-order valence-electron chi connectivity index (χ0n) is 11.8. The van der Waals surface area contributed by atoms with Crippen molar-refractivity contribution in [3.05, 3.63) is 35.9 Å². The van der Waals surface area contributed by atoms with Crippen LogP contribution in [0, 0.1) is 11.8 Å². The maximum absolute atomic E-state index is 11.7. The van der Waals surface area contributed by atoms with Crippen LogP contribution in [0.5, 0.6) is 0 Å². The molecule has 4 heteroatoms. The Hall–Kier alpha value is -2.28. The first-order valence-electron chi connectivity index (χ1n) is 7.12. The lowest BCUT2D eigenvalue weighted by molar-refractivity contribution is -0.161. The van der Waals surface area contributed by atoms with Crippen molar-refractivity contribution in [2.45, 2.75) is 44.1 Å². The van der Waals surface area contributed by atoms with E-state index >= 15 is 0 Å². The Morgan fingerprint density at radius 2 is 1.81 bits per heavy atom. The van der Waals surface area contributed by atoms with Crippen molar-refractivity contribution in [3.8, 4) is 11.8 Å². The first-order chi connectivity index (χ1) is 10.1. The van der Waals surface area contributed by atoms with Crippen LogP contribution in [0.4, 0.5) is 0 Å². The van der Waals surface area contributed by atoms with Gasteiger partial charge in [-0.25, -0.2) is 0 Å². The van der Waals surface area contributed by atoms with Crippen LogP contribution in [0.1, 0.15) is 44.1 Å². The van der Waals surface area contributed by atoms with E-state index in [1.807, 2.05) is 30.3 Å². The minimum absolute atomic E-state index is 0.616. The number of esters is 1. The molecule has 0 aromatic heterocycles. The quantitative estimate of drug-likeness (QED) is 0.527. The van der Waals surface area contributed by atoms with E-state index in [-0.39, 0.29) is 0 Å². The van der Waals surface area contributed by atoms with E-state index in [0.29, 0.717) is 12.8 Å². The van der Waals surface area contributed by atoms with Crippen LogP contribution in [0.2, 0.25) is 0 Å². The summed E-state index contributed by atoms with van der Waals surface area (Å²) in [7, 11) is 0. The molecule has 4 nitrogen and oxygen atoms in total. The third-order valence-corrected chi connectivity index (χ3v) is 3.47. The highest BCUT2D eigenvalue weighted by atomic mass is 16.6. The fraction of sp³-hybridized carbons (Fsp3) is 0.412. The zero-order valence-corrected chi connectivity index (χ0v) is 11.8. The van der Waals surface area contributed by atoms with E-state index in [1.165, 1.54) is 0 Å². The maximum atomic E-state index is 11.7.